The number of hydrogen-bond acceptors (Lipinski definition) is 1. The average molecular weight is 784 g/mol. The Labute approximate surface area is 368 Å². The molecule has 1 nitrogen and oxygen atoms in total. The van der Waals surface area contributed by atoms with Gasteiger partial charge in [-0.25, -0.2) is 0 Å². The van der Waals surface area contributed by atoms with Gasteiger partial charge in [-0.15, -0.1) is 0 Å². The van der Waals surface area contributed by atoms with E-state index in [2.05, 4.69) is 60.7 Å². The molecule has 61 heavy (non-hydrogen) atoms. The summed E-state index contributed by atoms with van der Waals surface area (Å²) in [6, 6.07) is 62.2. The maximum Gasteiger partial charge on any atom is 0.0651 e. The molecule has 0 saturated heterocycles. The number of nitrogens with zero attached hydrogens (tertiary/aromatic N) is 1. The van der Waals surface area contributed by atoms with Crippen molar-refractivity contribution < 1.29 is 11.0 Å². The monoisotopic (exact) mass is 783 g/mol. The largest absolute Gasteiger partial charge is 0.310 e. The van der Waals surface area contributed by atoms with E-state index >= 15 is 0 Å². The fourth-order valence-corrected chi connectivity index (χ4v) is 8.38. The Morgan fingerprint density at radius 3 is 1.67 bits per heavy atom. The Kier molecular flexibility index (Phi) is 7.29. The minimum Gasteiger partial charge on any atom is -0.310 e. The Balaban J connectivity index is 1.11. The second kappa shape index (κ2) is 15.6. The van der Waals surface area contributed by atoms with Crippen LogP contribution in [0, 0.1) is 0 Å². The molecule has 0 amide bonds. The highest BCUT2D eigenvalue weighted by atomic mass is 15.1. The van der Waals surface area contributed by atoms with Crippen molar-refractivity contribution in [1.29, 1.82) is 0 Å². The van der Waals surface area contributed by atoms with Crippen molar-refractivity contribution >= 4 is 49.4 Å². The van der Waals surface area contributed by atoms with Gasteiger partial charge in [-0.05, 0) is 130 Å². The molecule has 0 unspecified atom stereocenters. The standard InChI is InChI=1S/C60H41N/c1-2-15-49(16-3-1)60-58-22-9-7-14-46(58)34-39-59(60)48-32-37-54(38-33-48)61(55-20-10-19-51(41-55)52-29-26-42-12-4-5-17-50(42)40-52)53-35-30-44(31-36-53)43-24-27-47(28-25-43)57-23-11-18-45-13-6-8-21-56(45)57/h1-41H/i10D,19D,20D,30D,31D,35D,36D,41D. The van der Waals surface area contributed by atoms with E-state index in [9.17, 15) is 9.60 Å². The molecular weight excluding hydrogens is 735 g/mol. The van der Waals surface area contributed by atoms with Crippen molar-refractivity contribution in [3.05, 3.63) is 249 Å². The third-order valence-corrected chi connectivity index (χ3v) is 11.4. The summed E-state index contributed by atoms with van der Waals surface area (Å²) in [5.41, 5.74) is 7.11. The summed E-state index contributed by atoms with van der Waals surface area (Å²) in [5, 5.41) is 6.18. The van der Waals surface area contributed by atoms with Crippen LogP contribution in [0.1, 0.15) is 11.0 Å². The van der Waals surface area contributed by atoms with Crippen LogP contribution in [0.25, 0.3) is 88.0 Å². The molecule has 11 aromatic carbocycles. The van der Waals surface area contributed by atoms with Crippen LogP contribution in [0.3, 0.4) is 0 Å². The van der Waals surface area contributed by atoms with Crippen LogP contribution in [-0.4, -0.2) is 0 Å². The molecule has 0 bridgehead atoms. The molecule has 0 saturated carbocycles. The lowest BCUT2D eigenvalue weighted by molar-refractivity contribution is 1.28. The first-order chi connectivity index (χ1) is 33.6. The van der Waals surface area contributed by atoms with Crippen molar-refractivity contribution in [3.63, 3.8) is 0 Å². The summed E-state index contributed by atoms with van der Waals surface area (Å²) in [6.45, 7) is 0. The molecule has 0 aliphatic heterocycles. The van der Waals surface area contributed by atoms with Gasteiger partial charge >= 0.3 is 0 Å². The Morgan fingerprint density at radius 2 is 0.885 bits per heavy atom. The lowest BCUT2D eigenvalue weighted by atomic mass is 9.90. The molecule has 0 heterocycles. The molecule has 0 aliphatic rings. The van der Waals surface area contributed by atoms with Gasteiger partial charge in [-0.1, -0.05) is 206 Å². The first kappa shape index (κ1) is 28.4. The van der Waals surface area contributed by atoms with E-state index in [1.165, 1.54) is 4.90 Å². The molecule has 0 aliphatic carbocycles. The molecule has 1 heteroatoms. The molecule has 286 valence electrons. The summed E-state index contributed by atoms with van der Waals surface area (Å²) in [6.07, 6.45) is 0. The van der Waals surface area contributed by atoms with E-state index < -0.39 is 12.1 Å². The molecular formula is C60H41N. The topological polar surface area (TPSA) is 3.24 Å². The predicted octanol–water partition coefficient (Wildman–Crippen LogP) is 17.0. The van der Waals surface area contributed by atoms with Gasteiger partial charge in [0.25, 0.3) is 0 Å². The van der Waals surface area contributed by atoms with Crippen LogP contribution in [-0.2, 0) is 0 Å². The van der Waals surface area contributed by atoms with E-state index in [0.717, 1.165) is 65.7 Å². The number of anilines is 3. The smallest absolute Gasteiger partial charge is 0.0651 e. The van der Waals surface area contributed by atoms with Crippen molar-refractivity contribution in [2.75, 3.05) is 4.90 Å². The third-order valence-electron chi connectivity index (χ3n) is 11.4. The Hall–Kier alpha value is -8.00. The highest BCUT2D eigenvalue weighted by Gasteiger charge is 2.17. The SMILES string of the molecule is [2H]c1c([2H])c(-c2ccc3ccccc3c2)c([2H])c(N(c2ccc(-c3ccc4ccccc4c3-c3ccccc3)cc2)c2c([2H])c([2H])c(-c3ccc(-c4cccc5ccccc45)cc3)c([2H])c2[2H])c1[2H]. The van der Waals surface area contributed by atoms with E-state index in [0.29, 0.717) is 16.8 Å². The van der Waals surface area contributed by atoms with Gasteiger partial charge < -0.3 is 4.90 Å². The molecule has 11 aromatic rings. The van der Waals surface area contributed by atoms with E-state index in [1.807, 2.05) is 121 Å². The molecule has 0 aromatic heterocycles. The van der Waals surface area contributed by atoms with E-state index in [1.54, 1.807) is 18.2 Å². The summed E-state index contributed by atoms with van der Waals surface area (Å²) in [7, 11) is 0. The zero-order valence-corrected chi connectivity index (χ0v) is 33.0. The van der Waals surface area contributed by atoms with Crippen molar-refractivity contribution in [1.82, 2.24) is 0 Å². The number of rotatable bonds is 8. The number of fused-ring (bicyclic) bond motifs is 3. The van der Waals surface area contributed by atoms with Gasteiger partial charge in [0.15, 0.2) is 0 Å². The van der Waals surface area contributed by atoms with Crippen LogP contribution in [0.5, 0.6) is 0 Å². The normalized spacial score (nSPS) is 13.1. The number of hydrogen-bond donors (Lipinski definition) is 0. The summed E-state index contributed by atoms with van der Waals surface area (Å²) in [4.78, 5) is 1.41. The van der Waals surface area contributed by atoms with E-state index in [-0.39, 0.29) is 58.8 Å². The Morgan fingerprint density at radius 1 is 0.295 bits per heavy atom. The van der Waals surface area contributed by atoms with Gasteiger partial charge in [-0.3, -0.25) is 0 Å². The lowest BCUT2D eigenvalue weighted by Crippen LogP contribution is -2.10. The Bertz CT molecular complexity index is 3780. The molecule has 0 fully saturated rings. The van der Waals surface area contributed by atoms with Gasteiger partial charge in [0.2, 0.25) is 0 Å². The zero-order valence-electron chi connectivity index (χ0n) is 41.0. The summed E-state index contributed by atoms with van der Waals surface area (Å²) >= 11 is 0. The highest BCUT2D eigenvalue weighted by molar-refractivity contribution is 6.04. The molecule has 11 rings (SSSR count). The zero-order chi connectivity index (χ0) is 47.5. The third kappa shape index (κ3) is 6.93. The molecule has 0 spiro atoms. The van der Waals surface area contributed by atoms with Crippen LogP contribution < -0.4 is 4.90 Å². The quantitative estimate of drug-likeness (QED) is 0.148. The second-order valence-electron chi connectivity index (χ2n) is 15.1. The number of benzene rings is 11. The predicted molar refractivity (Wildman–Crippen MR) is 261 cm³/mol. The minimum absolute atomic E-state index is 0.106. The van der Waals surface area contributed by atoms with Crippen molar-refractivity contribution in [2.45, 2.75) is 0 Å². The van der Waals surface area contributed by atoms with Gasteiger partial charge in [-0.2, -0.15) is 0 Å². The summed E-state index contributed by atoms with van der Waals surface area (Å²) in [5.74, 6) is 0. The maximum atomic E-state index is 9.86. The van der Waals surface area contributed by atoms with Crippen LogP contribution >= 0.6 is 0 Å². The van der Waals surface area contributed by atoms with Crippen LogP contribution in [0.15, 0.2) is 249 Å². The van der Waals surface area contributed by atoms with Gasteiger partial charge in [0.1, 0.15) is 0 Å². The summed E-state index contributed by atoms with van der Waals surface area (Å²) < 4.78 is 76.1. The first-order valence-corrected chi connectivity index (χ1v) is 20.3. The molecule has 0 N–H and O–H groups in total. The average Bonchev–Trinajstić information content (AvgIpc) is 3.39. The van der Waals surface area contributed by atoms with Gasteiger partial charge in [0.05, 0.1) is 11.0 Å². The second-order valence-corrected chi connectivity index (χ2v) is 15.1. The van der Waals surface area contributed by atoms with E-state index in [4.69, 9.17) is 1.37 Å². The van der Waals surface area contributed by atoms with Crippen LogP contribution in [0.2, 0.25) is 0 Å². The van der Waals surface area contributed by atoms with Crippen molar-refractivity contribution in [2.24, 2.45) is 0 Å². The maximum absolute atomic E-state index is 9.86. The minimum atomic E-state index is -0.454. The molecule has 0 radical (unpaired) electrons. The fourth-order valence-electron chi connectivity index (χ4n) is 8.38. The first-order valence-electron chi connectivity index (χ1n) is 24.3. The molecule has 0 atom stereocenters. The lowest BCUT2D eigenvalue weighted by Gasteiger charge is -2.26. The van der Waals surface area contributed by atoms with Gasteiger partial charge in [0, 0.05) is 17.1 Å². The van der Waals surface area contributed by atoms with Crippen molar-refractivity contribution in [3.8, 4) is 55.6 Å². The van der Waals surface area contributed by atoms with Crippen LogP contribution in [0.4, 0.5) is 17.1 Å². The fraction of sp³-hybridized carbons (Fsp3) is 0. The highest BCUT2D eigenvalue weighted by Crippen LogP contribution is 2.42.